The van der Waals surface area contributed by atoms with Gasteiger partial charge in [-0.25, -0.2) is 4.79 Å². The topological polar surface area (TPSA) is 74.2 Å². The highest BCUT2D eigenvalue weighted by Gasteiger charge is 2.09. The summed E-state index contributed by atoms with van der Waals surface area (Å²) in [5, 5.41) is 17.9. The van der Waals surface area contributed by atoms with Gasteiger partial charge in [0, 0.05) is 5.75 Å². The van der Waals surface area contributed by atoms with Crippen LogP contribution in [0.15, 0.2) is 45.9 Å². The van der Waals surface area contributed by atoms with Crippen molar-refractivity contribution >= 4 is 17.7 Å². The Balaban J connectivity index is 1.98. The van der Waals surface area contributed by atoms with E-state index < -0.39 is 5.97 Å². The molecule has 4 nitrogen and oxygen atoms in total. The van der Waals surface area contributed by atoms with Crippen molar-refractivity contribution in [2.24, 2.45) is 0 Å². The first-order valence-corrected chi connectivity index (χ1v) is 6.12. The molecular weight excluding hydrogens is 250 g/mol. The highest BCUT2D eigenvalue weighted by Crippen LogP contribution is 2.25. The predicted octanol–water partition coefficient (Wildman–Crippen LogP) is 3.14. The normalized spacial score (nSPS) is 9.94. The molecule has 0 aliphatic heterocycles. The van der Waals surface area contributed by atoms with Crippen LogP contribution in [0.3, 0.4) is 0 Å². The number of aromatic carboxylic acids is 1. The Hall–Kier alpha value is -2.19. The molecule has 2 rings (SSSR count). The molecule has 18 heavy (non-hydrogen) atoms. The van der Waals surface area contributed by atoms with Crippen LogP contribution in [0.1, 0.15) is 21.7 Å². The van der Waals surface area contributed by atoms with E-state index in [1.54, 1.807) is 18.2 Å². The lowest BCUT2D eigenvalue weighted by Gasteiger charge is -1.99. The van der Waals surface area contributed by atoms with Crippen molar-refractivity contribution in [2.75, 3.05) is 0 Å². The molecular formula is C13H9NO3S. The maximum absolute atomic E-state index is 10.6. The first kappa shape index (κ1) is 12.3. The smallest absolute Gasteiger partial charge is 0.371 e. The molecule has 0 radical (unpaired) electrons. The molecule has 5 heteroatoms. The molecule has 1 aromatic heterocycles. The minimum atomic E-state index is -1.07. The maximum atomic E-state index is 10.6. The molecule has 1 N–H and O–H groups in total. The number of hydrogen-bond donors (Lipinski definition) is 1. The van der Waals surface area contributed by atoms with Crippen molar-refractivity contribution in [1.82, 2.24) is 0 Å². The lowest BCUT2D eigenvalue weighted by molar-refractivity contribution is 0.0656. The zero-order valence-electron chi connectivity index (χ0n) is 9.29. The van der Waals surface area contributed by atoms with Gasteiger partial charge in [-0.05, 0) is 29.8 Å². The van der Waals surface area contributed by atoms with Crippen LogP contribution in [0.25, 0.3) is 0 Å². The second kappa shape index (κ2) is 5.43. The van der Waals surface area contributed by atoms with Gasteiger partial charge in [-0.2, -0.15) is 5.26 Å². The van der Waals surface area contributed by atoms with Crippen molar-refractivity contribution in [3.05, 3.63) is 53.3 Å². The van der Waals surface area contributed by atoms with Gasteiger partial charge in [-0.1, -0.05) is 23.9 Å². The molecule has 0 aliphatic rings. The van der Waals surface area contributed by atoms with Crippen molar-refractivity contribution in [3.8, 4) is 6.07 Å². The van der Waals surface area contributed by atoms with Gasteiger partial charge in [0.2, 0.25) is 5.76 Å². The summed E-state index contributed by atoms with van der Waals surface area (Å²) >= 11 is 1.41. The predicted molar refractivity (Wildman–Crippen MR) is 66.4 cm³/mol. The number of nitrogens with zero attached hydrogens (tertiary/aromatic N) is 1. The number of hydrogen-bond acceptors (Lipinski definition) is 4. The number of carbonyl (C=O) groups is 1. The average molecular weight is 259 g/mol. The minimum Gasteiger partial charge on any atom is -0.475 e. The van der Waals surface area contributed by atoms with Crippen LogP contribution in [0.2, 0.25) is 0 Å². The molecule has 0 saturated heterocycles. The summed E-state index contributed by atoms with van der Waals surface area (Å²) in [6.07, 6.45) is 0. The van der Waals surface area contributed by atoms with Gasteiger partial charge in [0.05, 0.1) is 11.6 Å². The molecule has 0 unspecified atom stereocenters. The summed E-state index contributed by atoms with van der Waals surface area (Å²) in [5.74, 6) is -0.462. The highest BCUT2D eigenvalue weighted by atomic mass is 32.2. The second-order valence-electron chi connectivity index (χ2n) is 3.52. The zero-order valence-corrected chi connectivity index (χ0v) is 10.1. The van der Waals surface area contributed by atoms with Crippen LogP contribution >= 0.6 is 11.8 Å². The molecule has 0 spiro atoms. The molecule has 0 amide bonds. The van der Waals surface area contributed by atoms with Gasteiger partial charge in [0.25, 0.3) is 0 Å². The van der Waals surface area contributed by atoms with Gasteiger partial charge in [-0.3, -0.25) is 0 Å². The third-order valence-corrected chi connectivity index (χ3v) is 3.24. The first-order chi connectivity index (χ1) is 8.69. The monoisotopic (exact) mass is 259 g/mol. The van der Waals surface area contributed by atoms with Crippen molar-refractivity contribution in [3.63, 3.8) is 0 Å². The van der Waals surface area contributed by atoms with E-state index in [2.05, 4.69) is 6.07 Å². The molecule has 1 heterocycles. The lowest BCUT2D eigenvalue weighted by atomic mass is 10.2. The fourth-order valence-electron chi connectivity index (χ4n) is 1.34. The molecule has 0 aliphatic carbocycles. The quantitative estimate of drug-likeness (QED) is 0.854. The Morgan fingerprint density at radius 2 is 2.00 bits per heavy atom. The number of carboxylic acid groups (broad SMARTS) is 1. The number of nitriles is 1. The Labute approximate surface area is 108 Å². The number of thioether (sulfide) groups is 1. The van der Waals surface area contributed by atoms with E-state index in [9.17, 15) is 4.79 Å². The average Bonchev–Trinajstić information content (AvgIpc) is 2.86. The fraction of sp³-hybridized carbons (Fsp3) is 0.0769. The summed E-state index contributed by atoms with van der Waals surface area (Å²) < 4.78 is 5.12. The van der Waals surface area contributed by atoms with Crippen LogP contribution in [-0.4, -0.2) is 11.1 Å². The van der Waals surface area contributed by atoms with E-state index >= 15 is 0 Å². The highest BCUT2D eigenvalue weighted by molar-refractivity contribution is 7.98. The molecule has 0 saturated carbocycles. The first-order valence-electron chi connectivity index (χ1n) is 5.14. The van der Waals surface area contributed by atoms with Crippen LogP contribution in [0.5, 0.6) is 0 Å². The molecule has 0 atom stereocenters. The van der Waals surface area contributed by atoms with E-state index in [-0.39, 0.29) is 5.76 Å². The number of carboxylic acids is 1. The van der Waals surface area contributed by atoms with Gasteiger partial charge in [0.1, 0.15) is 0 Å². The van der Waals surface area contributed by atoms with Crippen LogP contribution in [-0.2, 0) is 5.75 Å². The van der Waals surface area contributed by atoms with E-state index in [1.165, 1.54) is 17.8 Å². The summed E-state index contributed by atoms with van der Waals surface area (Å²) in [6, 6.07) is 12.4. The molecule has 0 fully saturated rings. The van der Waals surface area contributed by atoms with Crippen LogP contribution < -0.4 is 0 Å². The van der Waals surface area contributed by atoms with E-state index in [1.807, 2.05) is 12.1 Å². The molecule has 1 aromatic carbocycles. The van der Waals surface area contributed by atoms with Crippen LogP contribution in [0, 0.1) is 11.3 Å². The van der Waals surface area contributed by atoms with Gasteiger partial charge < -0.3 is 9.52 Å². The van der Waals surface area contributed by atoms with Gasteiger partial charge >= 0.3 is 5.97 Å². The van der Waals surface area contributed by atoms with E-state index in [0.29, 0.717) is 16.4 Å². The zero-order chi connectivity index (χ0) is 13.0. The third kappa shape index (κ3) is 2.93. The number of rotatable bonds is 4. The molecule has 2 aromatic rings. The van der Waals surface area contributed by atoms with Crippen molar-refractivity contribution in [1.29, 1.82) is 5.26 Å². The van der Waals surface area contributed by atoms with Crippen LogP contribution in [0.4, 0.5) is 0 Å². The summed E-state index contributed by atoms with van der Waals surface area (Å²) in [7, 11) is 0. The third-order valence-electron chi connectivity index (χ3n) is 2.26. The fourth-order valence-corrected chi connectivity index (χ4v) is 2.16. The number of furan rings is 1. The summed E-state index contributed by atoms with van der Waals surface area (Å²) in [5.41, 5.74) is 1.67. The largest absolute Gasteiger partial charge is 0.475 e. The lowest BCUT2D eigenvalue weighted by Crippen LogP contribution is -1.91. The maximum Gasteiger partial charge on any atom is 0.371 e. The Morgan fingerprint density at radius 3 is 2.56 bits per heavy atom. The second-order valence-corrected chi connectivity index (χ2v) is 4.50. The number of benzene rings is 1. The van der Waals surface area contributed by atoms with Crippen molar-refractivity contribution < 1.29 is 14.3 Å². The Bertz CT molecular complexity index is 595. The SMILES string of the molecule is N#Cc1ccc(CSc2ccc(C(=O)O)o2)cc1. The Morgan fingerprint density at radius 1 is 1.28 bits per heavy atom. The standard InChI is InChI=1S/C13H9NO3S/c14-7-9-1-3-10(4-2-9)8-18-12-6-5-11(17-12)13(15)16/h1-6H,8H2,(H,15,16). The van der Waals surface area contributed by atoms with E-state index in [0.717, 1.165) is 5.56 Å². The van der Waals surface area contributed by atoms with Gasteiger partial charge in [0.15, 0.2) is 5.09 Å². The minimum absolute atomic E-state index is 0.0580. The van der Waals surface area contributed by atoms with E-state index in [4.69, 9.17) is 14.8 Å². The summed E-state index contributed by atoms with van der Waals surface area (Å²) in [4.78, 5) is 10.6. The van der Waals surface area contributed by atoms with Gasteiger partial charge in [-0.15, -0.1) is 0 Å². The molecule has 90 valence electrons. The Kier molecular flexibility index (Phi) is 3.70. The van der Waals surface area contributed by atoms with Crippen molar-refractivity contribution in [2.45, 2.75) is 10.8 Å². The molecule has 0 bridgehead atoms. The summed E-state index contributed by atoms with van der Waals surface area (Å²) in [6.45, 7) is 0.